The highest BCUT2D eigenvalue weighted by atomic mass is 16.5. The van der Waals surface area contributed by atoms with Crippen LogP contribution >= 0.6 is 0 Å². The number of nitrogens with zero attached hydrogens (tertiary/aromatic N) is 4. The molecule has 11 rings (SSSR count). The molecule has 3 aromatic heterocycles. The number of benzene rings is 8. The summed E-state index contributed by atoms with van der Waals surface area (Å²) in [6.07, 6.45) is 5.50. The first-order valence-electron chi connectivity index (χ1n) is 30.6. The van der Waals surface area contributed by atoms with Gasteiger partial charge in [-0.05, 0) is 132 Å². The van der Waals surface area contributed by atoms with Gasteiger partial charge < -0.3 is 4.74 Å². The van der Waals surface area contributed by atoms with Gasteiger partial charge in [0.15, 0.2) is 0 Å². The van der Waals surface area contributed by atoms with E-state index < -0.39 is 65.8 Å². The van der Waals surface area contributed by atoms with Crippen molar-refractivity contribution >= 4 is 32.8 Å². The molecule has 0 aliphatic heterocycles. The molecule has 0 saturated heterocycles. The Labute approximate surface area is 457 Å². The summed E-state index contributed by atoms with van der Waals surface area (Å²) in [5.41, 5.74) is 8.84. The minimum atomic E-state index is -0.663. The normalized spacial score (nSPS) is 14.4. The molecule has 0 saturated carbocycles. The fourth-order valence-electron chi connectivity index (χ4n) is 9.86. The highest BCUT2D eigenvalue weighted by molar-refractivity contribution is 6.09. The number of para-hydroxylation sites is 1. The van der Waals surface area contributed by atoms with Crippen LogP contribution in [0.25, 0.3) is 83.4 Å². The molecule has 0 spiro atoms. The van der Waals surface area contributed by atoms with Crippen molar-refractivity contribution in [2.24, 2.45) is 0 Å². The SMILES string of the molecule is [2H]c1c([2H])c([2H])c(-c2cc(C(C)(C)C)cc(-c3c([2H])c([2H])c([2H])c([2H])c3[2H])c2-[n+]2[c-]n(-c3cccc(Oc4ccc5c6ccccc6n(-c6cc(C(C)(C)C)ccn6)c5c4)c3)c3cc(-c4cc(C(C)(C)C)cc(C(C)(C)C)c4)ccc32)c([2H])c1[2H]. The lowest BCUT2D eigenvalue weighted by atomic mass is 9.79. The summed E-state index contributed by atoms with van der Waals surface area (Å²) in [6, 6.07) is 37.3. The third-order valence-corrected chi connectivity index (χ3v) is 14.2. The number of imidazole rings is 1. The molecule has 0 radical (unpaired) electrons. The lowest BCUT2D eigenvalue weighted by Crippen LogP contribution is -2.32. The van der Waals surface area contributed by atoms with Crippen LogP contribution in [0, 0.1) is 6.33 Å². The standard InChI is InChI=1S/C70H68N4O/c1-67(2,3)50-34-35-71-65(42-50)74-61-29-20-19-28-57(61)58-32-31-56(44-63(58)74)75-55-27-21-26-54(43-55)72-45-73(62-33-30-48(38-64(62)72)49-36-51(68(4,5)6)39-52(37-49)69(7,8)9)66-59(46-22-15-13-16-23-46)40-53(70(10,11)12)41-60(66)47-24-17-14-18-25-47/h13-44H,1-12H3/i13D,14D,15D,16D,17D,18D,22D,23D,24D,25D. The molecule has 5 heteroatoms. The highest BCUT2D eigenvalue weighted by Crippen LogP contribution is 2.42. The van der Waals surface area contributed by atoms with Gasteiger partial charge in [0.1, 0.15) is 17.3 Å². The van der Waals surface area contributed by atoms with Crippen molar-refractivity contribution in [3.8, 4) is 62.1 Å². The van der Waals surface area contributed by atoms with Crippen LogP contribution in [0.5, 0.6) is 11.5 Å². The van der Waals surface area contributed by atoms with Crippen molar-refractivity contribution in [2.45, 2.75) is 105 Å². The third-order valence-electron chi connectivity index (χ3n) is 14.2. The van der Waals surface area contributed by atoms with Crippen molar-refractivity contribution in [1.29, 1.82) is 0 Å². The Kier molecular flexibility index (Phi) is 9.47. The van der Waals surface area contributed by atoms with Gasteiger partial charge in [0.2, 0.25) is 0 Å². The quantitative estimate of drug-likeness (QED) is 0.112. The van der Waals surface area contributed by atoms with E-state index in [0.717, 1.165) is 55.4 Å². The summed E-state index contributed by atoms with van der Waals surface area (Å²) in [5, 5.41) is 2.12. The van der Waals surface area contributed by atoms with Crippen LogP contribution in [0.15, 0.2) is 194 Å². The fraction of sp³-hybridized carbons (Fsp3) is 0.229. The van der Waals surface area contributed by atoms with Crippen LogP contribution in [-0.4, -0.2) is 14.1 Å². The van der Waals surface area contributed by atoms with E-state index in [-0.39, 0.29) is 44.2 Å². The molecule has 0 aliphatic carbocycles. The van der Waals surface area contributed by atoms with E-state index in [4.69, 9.17) is 17.9 Å². The van der Waals surface area contributed by atoms with Gasteiger partial charge in [-0.15, -0.1) is 0 Å². The zero-order valence-electron chi connectivity index (χ0n) is 54.9. The number of rotatable bonds is 8. The molecule has 0 amide bonds. The molecule has 0 bridgehead atoms. The Morgan fingerprint density at radius 1 is 0.467 bits per heavy atom. The molecule has 8 aromatic carbocycles. The van der Waals surface area contributed by atoms with E-state index in [1.54, 1.807) is 16.7 Å². The maximum Gasteiger partial charge on any atom is 0.269 e. The first-order valence-corrected chi connectivity index (χ1v) is 25.6. The van der Waals surface area contributed by atoms with Gasteiger partial charge in [0, 0.05) is 23.0 Å². The Morgan fingerprint density at radius 3 is 1.68 bits per heavy atom. The molecule has 11 aromatic rings. The van der Waals surface area contributed by atoms with Gasteiger partial charge in [-0.3, -0.25) is 13.7 Å². The topological polar surface area (TPSA) is 35.9 Å². The third kappa shape index (κ3) is 9.46. The molecule has 0 fully saturated rings. The van der Waals surface area contributed by atoms with Crippen molar-refractivity contribution in [1.82, 2.24) is 14.1 Å². The molecule has 0 N–H and O–H groups in total. The molecule has 3 heterocycles. The summed E-state index contributed by atoms with van der Waals surface area (Å²) >= 11 is 0. The van der Waals surface area contributed by atoms with E-state index in [1.807, 2.05) is 92.2 Å². The van der Waals surface area contributed by atoms with Crippen LogP contribution in [0.2, 0.25) is 0 Å². The van der Waals surface area contributed by atoms with Crippen LogP contribution in [0.3, 0.4) is 0 Å². The number of hydrogen-bond acceptors (Lipinski definition) is 2. The number of ether oxygens (including phenoxy) is 1. The number of hydrogen-bond donors (Lipinski definition) is 0. The van der Waals surface area contributed by atoms with Gasteiger partial charge in [0.25, 0.3) is 6.33 Å². The Balaban J connectivity index is 1.20. The molecule has 5 nitrogen and oxygen atoms in total. The maximum absolute atomic E-state index is 9.46. The monoisotopic (exact) mass is 991 g/mol. The van der Waals surface area contributed by atoms with E-state index in [1.165, 1.54) is 0 Å². The maximum atomic E-state index is 9.46. The number of pyridine rings is 1. The lowest BCUT2D eigenvalue weighted by Gasteiger charge is -2.26. The summed E-state index contributed by atoms with van der Waals surface area (Å²) in [6.45, 7) is 25.6. The average Bonchev–Trinajstić information content (AvgIpc) is 2.00. The van der Waals surface area contributed by atoms with Gasteiger partial charge >= 0.3 is 0 Å². The van der Waals surface area contributed by atoms with Gasteiger partial charge in [-0.2, -0.15) is 0 Å². The molecular weight excluding hydrogens is 913 g/mol. The van der Waals surface area contributed by atoms with Crippen LogP contribution in [-0.2, 0) is 21.7 Å². The van der Waals surface area contributed by atoms with E-state index >= 15 is 0 Å². The largest absolute Gasteiger partial charge is 0.458 e. The lowest BCUT2D eigenvalue weighted by molar-refractivity contribution is -0.571. The first kappa shape index (κ1) is 38.5. The van der Waals surface area contributed by atoms with Crippen molar-refractivity contribution in [3.05, 3.63) is 223 Å². The molecular formula is C70H68N4O. The van der Waals surface area contributed by atoms with Crippen LogP contribution in [0.1, 0.15) is 119 Å². The minimum Gasteiger partial charge on any atom is -0.458 e. The second-order valence-electron chi connectivity index (χ2n) is 23.7. The summed E-state index contributed by atoms with van der Waals surface area (Å²) < 4.78 is 104. The predicted molar refractivity (Wildman–Crippen MR) is 313 cm³/mol. The highest BCUT2D eigenvalue weighted by Gasteiger charge is 2.26. The minimum absolute atomic E-state index is 0.109. The molecule has 0 unspecified atom stereocenters. The van der Waals surface area contributed by atoms with E-state index in [0.29, 0.717) is 33.8 Å². The van der Waals surface area contributed by atoms with Crippen LogP contribution < -0.4 is 9.30 Å². The van der Waals surface area contributed by atoms with E-state index in [2.05, 4.69) is 128 Å². The first-order chi connectivity index (χ1) is 39.8. The van der Waals surface area contributed by atoms with Gasteiger partial charge in [-0.25, -0.2) is 4.98 Å². The molecule has 374 valence electrons. The van der Waals surface area contributed by atoms with Gasteiger partial charge in [-0.1, -0.05) is 210 Å². The molecule has 0 aliphatic rings. The van der Waals surface area contributed by atoms with Crippen LogP contribution in [0.4, 0.5) is 0 Å². The predicted octanol–water partition coefficient (Wildman–Crippen LogP) is 18.2. The van der Waals surface area contributed by atoms with Crippen molar-refractivity contribution < 1.29 is 23.0 Å². The fourth-order valence-corrected chi connectivity index (χ4v) is 9.86. The average molecular weight is 991 g/mol. The summed E-state index contributed by atoms with van der Waals surface area (Å²) in [4.78, 5) is 4.89. The molecule has 0 atom stereocenters. The molecule has 75 heavy (non-hydrogen) atoms. The number of fused-ring (bicyclic) bond motifs is 4. The van der Waals surface area contributed by atoms with Crippen molar-refractivity contribution in [2.75, 3.05) is 0 Å². The Hall–Kier alpha value is -8.02. The summed E-state index contributed by atoms with van der Waals surface area (Å²) in [7, 11) is 0. The second-order valence-corrected chi connectivity index (χ2v) is 23.7. The Bertz CT molecular complexity index is 4390. The zero-order valence-corrected chi connectivity index (χ0v) is 44.9. The van der Waals surface area contributed by atoms with Gasteiger partial charge in [0.05, 0.1) is 47.1 Å². The summed E-state index contributed by atoms with van der Waals surface area (Å²) in [5.74, 6) is 1.88. The van der Waals surface area contributed by atoms with Crippen molar-refractivity contribution in [3.63, 3.8) is 0 Å². The Morgan fingerprint density at radius 2 is 1.05 bits per heavy atom. The van der Waals surface area contributed by atoms with E-state index in [9.17, 15) is 5.48 Å². The smallest absolute Gasteiger partial charge is 0.269 e. The second kappa shape index (κ2) is 18.4. The number of aromatic nitrogens is 4. The zero-order chi connectivity index (χ0) is 61.3.